The number of carbonyl (C=O) groups is 1. The van der Waals surface area contributed by atoms with Gasteiger partial charge < -0.3 is 9.64 Å². The van der Waals surface area contributed by atoms with Crippen LogP contribution in [0.2, 0.25) is 0 Å². The molecule has 1 aliphatic rings. The smallest absolute Gasteiger partial charge is 0.228 e. The number of rotatable bonds is 4. The van der Waals surface area contributed by atoms with Gasteiger partial charge >= 0.3 is 0 Å². The second-order valence-corrected chi connectivity index (χ2v) is 4.60. The Balaban J connectivity index is 2.22. The monoisotopic (exact) mass is 255 g/mol. The highest BCUT2D eigenvalue weighted by Crippen LogP contribution is 2.32. The molecule has 1 aliphatic heterocycles. The lowest BCUT2D eigenvalue weighted by Gasteiger charge is -2.19. The SMILES string of the molecule is O=C1CC(S)CN1c1ccccc1OCCF. The average Bonchev–Trinajstić information content (AvgIpc) is 2.66. The quantitative estimate of drug-likeness (QED) is 0.835. The molecular weight excluding hydrogens is 241 g/mol. The van der Waals surface area contributed by atoms with Crippen LogP contribution in [0.4, 0.5) is 10.1 Å². The molecule has 1 atom stereocenters. The molecule has 1 aromatic carbocycles. The van der Waals surface area contributed by atoms with Crippen LogP contribution in [-0.4, -0.2) is 31.0 Å². The zero-order valence-corrected chi connectivity index (χ0v) is 10.2. The zero-order valence-electron chi connectivity index (χ0n) is 9.30. The van der Waals surface area contributed by atoms with Gasteiger partial charge in [-0.2, -0.15) is 12.6 Å². The molecule has 5 heteroatoms. The number of nitrogens with zero attached hydrogens (tertiary/aromatic N) is 1. The molecule has 0 aliphatic carbocycles. The van der Waals surface area contributed by atoms with Crippen molar-refractivity contribution in [1.82, 2.24) is 0 Å². The molecule has 1 aromatic rings. The highest BCUT2D eigenvalue weighted by atomic mass is 32.1. The topological polar surface area (TPSA) is 29.5 Å². The number of carbonyl (C=O) groups excluding carboxylic acids is 1. The van der Waals surface area contributed by atoms with Crippen molar-refractivity contribution in [1.29, 1.82) is 0 Å². The number of ether oxygens (including phenoxy) is 1. The summed E-state index contributed by atoms with van der Waals surface area (Å²) in [6.45, 7) is 0.0266. The first-order chi connectivity index (χ1) is 8.22. The Labute approximate surface area is 105 Å². The highest BCUT2D eigenvalue weighted by molar-refractivity contribution is 7.81. The van der Waals surface area contributed by atoms with E-state index < -0.39 is 6.67 Å². The summed E-state index contributed by atoms with van der Waals surface area (Å²) < 4.78 is 17.4. The van der Waals surface area contributed by atoms with Crippen LogP contribution in [0.25, 0.3) is 0 Å². The molecule has 1 saturated heterocycles. The van der Waals surface area contributed by atoms with Crippen molar-refractivity contribution < 1.29 is 13.9 Å². The van der Waals surface area contributed by atoms with Gasteiger partial charge in [-0.05, 0) is 12.1 Å². The number of alkyl halides is 1. The molecule has 0 spiro atoms. The molecule has 3 nitrogen and oxygen atoms in total. The molecule has 0 N–H and O–H groups in total. The Morgan fingerprint density at radius 3 is 2.88 bits per heavy atom. The summed E-state index contributed by atoms with van der Waals surface area (Å²) >= 11 is 4.30. The van der Waals surface area contributed by atoms with E-state index in [2.05, 4.69) is 12.6 Å². The molecule has 2 rings (SSSR count). The molecule has 92 valence electrons. The van der Waals surface area contributed by atoms with Gasteiger partial charge in [0.05, 0.1) is 5.69 Å². The van der Waals surface area contributed by atoms with E-state index in [0.29, 0.717) is 24.4 Å². The normalized spacial score (nSPS) is 19.8. The van der Waals surface area contributed by atoms with E-state index in [-0.39, 0.29) is 17.8 Å². The maximum atomic E-state index is 12.1. The van der Waals surface area contributed by atoms with E-state index in [4.69, 9.17) is 4.74 Å². The number of hydrogen-bond donors (Lipinski definition) is 1. The van der Waals surface area contributed by atoms with Gasteiger partial charge in [0.25, 0.3) is 0 Å². The van der Waals surface area contributed by atoms with E-state index >= 15 is 0 Å². The minimum atomic E-state index is -0.544. The first kappa shape index (κ1) is 12.2. The summed E-state index contributed by atoms with van der Waals surface area (Å²) in [6, 6.07) is 7.17. The Morgan fingerprint density at radius 2 is 2.24 bits per heavy atom. The van der Waals surface area contributed by atoms with Crippen LogP contribution < -0.4 is 9.64 Å². The van der Waals surface area contributed by atoms with Gasteiger partial charge in [0, 0.05) is 18.2 Å². The molecule has 0 radical (unpaired) electrons. The fraction of sp³-hybridized carbons (Fsp3) is 0.417. The third-order valence-electron chi connectivity index (χ3n) is 2.60. The lowest BCUT2D eigenvalue weighted by molar-refractivity contribution is -0.117. The number of benzene rings is 1. The zero-order chi connectivity index (χ0) is 12.3. The van der Waals surface area contributed by atoms with Crippen LogP contribution in [0.15, 0.2) is 24.3 Å². The van der Waals surface area contributed by atoms with E-state index in [9.17, 15) is 9.18 Å². The van der Waals surface area contributed by atoms with Crippen LogP contribution in [0.5, 0.6) is 5.75 Å². The number of hydrogen-bond acceptors (Lipinski definition) is 3. The van der Waals surface area contributed by atoms with Crippen molar-refractivity contribution in [3.63, 3.8) is 0 Å². The third-order valence-corrected chi connectivity index (χ3v) is 2.94. The molecule has 0 aromatic heterocycles. The Bertz CT molecular complexity index is 413. The van der Waals surface area contributed by atoms with E-state index in [1.54, 1.807) is 23.1 Å². The summed E-state index contributed by atoms with van der Waals surface area (Å²) in [6.07, 6.45) is 0.431. The Hall–Kier alpha value is -1.23. The summed E-state index contributed by atoms with van der Waals surface area (Å²) in [7, 11) is 0. The lowest BCUT2D eigenvalue weighted by Crippen LogP contribution is -2.25. The highest BCUT2D eigenvalue weighted by Gasteiger charge is 2.29. The van der Waals surface area contributed by atoms with Gasteiger partial charge in [-0.25, -0.2) is 4.39 Å². The lowest BCUT2D eigenvalue weighted by atomic mass is 10.2. The summed E-state index contributed by atoms with van der Waals surface area (Å²) in [5.74, 6) is 0.572. The molecule has 1 heterocycles. The van der Waals surface area contributed by atoms with Crippen LogP contribution in [0, 0.1) is 0 Å². The number of thiol groups is 1. The second-order valence-electron chi connectivity index (χ2n) is 3.87. The summed E-state index contributed by atoms with van der Waals surface area (Å²) in [5.41, 5.74) is 0.697. The first-order valence-electron chi connectivity index (χ1n) is 5.48. The average molecular weight is 255 g/mol. The second kappa shape index (κ2) is 5.40. The maximum Gasteiger partial charge on any atom is 0.228 e. The molecule has 17 heavy (non-hydrogen) atoms. The van der Waals surface area contributed by atoms with Crippen molar-refractivity contribution in [3.8, 4) is 5.75 Å². The van der Waals surface area contributed by atoms with Crippen molar-refractivity contribution in [2.75, 3.05) is 24.7 Å². The van der Waals surface area contributed by atoms with Crippen molar-refractivity contribution >= 4 is 24.2 Å². The fourth-order valence-electron chi connectivity index (χ4n) is 1.87. The van der Waals surface area contributed by atoms with Gasteiger partial charge in [-0.15, -0.1) is 0 Å². The first-order valence-corrected chi connectivity index (χ1v) is 6.00. The molecule has 0 saturated carbocycles. The van der Waals surface area contributed by atoms with Crippen LogP contribution in [-0.2, 0) is 4.79 Å². The van der Waals surface area contributed by atoms with Crippen molar-refractivity contribution in [3.05, 3.63) is 24.3 Å². The van der Waals surface area contributed by atoms with Crippen molar-refractivity contribution in [2.24, 2.45) is 0 Å². The Morgan fingerprint density at radius 1 is 1.47 bits per heavy atom. The van der Waals surface area contributed by atoms with Gasteiger partial charge in [0.2, 0.25) is 5.91 Å². The predicted molar refractivity (Wildman–Crippen MR) is 67.7 cm³/mol. The number of para-hydroxylation sites is 2. The van der Waals surface area contributed by atoms with E-state index in [1.165, 1.54) is 0 Å². The maximum absolute atomic E-state index is 12.1. The predicted octanol–water partition coefficient (Wildman–Crippen LogP) is 2.07. The third kappa shape index (κ3) is 2.72. The van der Waals surface area contributed by atoms with Gasteiger partial charge in [-0.1, -0.05) is 12.1 Å². The minimum Gasteiger partial charge on any atom is -0.489 e. The summed E-state index contributed by atoms with van der Waals surface area (Å²) in [5, 5.41) is 0.0525. The van der Waals surface area contributed by atoms with Crippen LogP contribution in [0.3, 0.4) is 0 Å². The van der Waals surface area contributed by atoms with E-state index in [0.717, 1.165) is 0 Å². The number of anilines is 1. The van der Waals surface area contributed by atoms with Gasteiger partial charge in [-0.3, -0.25) is 4.79 Å². The van der Waals surface area contributed by atoms with Gasteiger partial charge in [0.15, 0.2) is 0 Å². The fourth-order valence-corrected chi connectivity index (χ4v) is 2.19. The molecule has 1 unspecified atom stereocenters. The molecule has 1 fully saturated rings. The van der Waals surface area contributed by atoms with E-state index in [1.807, 2.05) is 6.07 Å². The number of halogens is 1. The largest absolute Gasteiger partial charge is 0.489 e. The molecule has 0 bridgehead atoms. The van der Waals surface area contributed by atoms with Crippen molar-refractivity contribution in [2.45, 2.75) is 11.7 Å². The van der Waals surface area contributed by atoms with Crippen LogP contribution in [0.1, 0.15) is 6.42 Å². The molecular formula is C12H14FNO2S. The van der Waals surface area contributed by atoms with Crippen LogP contribution >= 0.6 is 12.6 Å². The minimum absolute atomic E-state index is 0.00332. The Kier molecular flexibility index (Phi) is 3.89. The number of amides is 1. The summed E-state index contributed by atoms with van der Waals surface area (Å²) in [4.78, 5) is 13.4. The molecule has 1 amide bonds. The standard InChI is InChI=1S/C12H14FNO2S/c13-5-6-16-11-4-2-1-3-10(11)14-8-9(17)7-12(14)15/h1-4,9,17H,5-8H2. The van der Waals surface area contributed by atoms with Gasteiger partial charge in [0.1, 0.15) is 19.0 Å².